The fourth-order valence-electron chi connectivity index (χ4n) is 4.04. The van der Waals surface area contributed by atoms with E-state index in [1.54, 1.807) is 4.68 Å². The van der Waals surface area contributed by atoms with Gasteiger partial charge in [-0.2, -0.15) is 0 Å². The molecule has 2 aromatic carbocycles. The van der Waals surface area contributed by atoms with Crippen molar-refractivity contribution in [3.8, 4) is 11.4 Å². The van der Waals surface area contributed by atoms with Gasteiger partial charge in [0.15, 0.2) is 0 Å². The van der Waals surface area contributed by atoms with Crippen LogP contribution >= 0.6 is 0 Å². The molecule has 0 fully saturated rings. The maximum Gasteiger partial charge on any atom is 0.276 e. The molecular formula is C23H27N3O2. The Hall–Kier alpha value is -2.79. The molecule has 0 amide bonds. The number of aromatic nitrogens is 2. The second-order valence-corrected chi connectivity index (χ2v) is 8.08. The number of hydrogen-bond acceptors (Lipinski definition) is 3. The highest BCUT2D eigenvalue weighted by Crippen LogP contribution is 2.39. The third-order valence-corrected chi connectivity index (χ3v) is 5.58. The van der Waals surface area contributed by atoms with Crippen molar-refractivity contribution in [3.05, 3.63) is 81.8 Å². The van der Waals surface area contributed by atoms with Gasteiger partial charge >= 0.3 is 0 Å². The van der Waals surface area contributed by atoms with Gasteiger partial charge in [0.2, 0.25) is 0 Å². The highest BCUT2D eigenvalue weighted by Gasteiger charge is 2.33. The van der Waals surface area contributed by atoms with Gasteiger partial charge in [-0.25, -0.2) is 4.68 Å². The quantitative estimate of drug-likeness (QED) is 0.751. The molecule has 5 heteroatoms. The van der Waals surface area contributed by atoms with Gasteiger partial charge in [-0.3, -0.25) is 9.48 Å². The Morgan fingerprint density at radius 1 is 1.11 bits per heavy atom. The van der Waals surface area contributed by atoms with Crippen molar-refractivity contribution >= 4 is 0 Å². The summed E-state index contributed by atoms with van der Waals surface area (Å²) >= 11 is 0. The molecule has 3 aromatic rings. The zero-order chi connectivity index (χ0) is 19.9. The molecule has 4 rings (SSSR count). The molecule has 2 heterocycles. The van der Waals surface area contributed by atoms with Crippen molar-refractivity contribution in [2.45, 2.75) is 45.4 Å². The molecule has 1 aliphatic heterocycles. The first-order valence-corrected chi connectivity index (χ1v) is 9.71. The molecule has 1 aromatic heterocycles. The van der Waals surface area contributed by atoms with Crippen LogP contribution < -0.4 is 15.6 Å². The molecule has 0 spiro atoms. The Morgan fingerprint density at radius 2 is 1.79 bits per heavy atom. The Morgan fingerprint density at radius 3 is 2.54 bits per heavy atom. The fourth-order valence-corrected chi connectivity index (χ4v) is 4.04. The Labute approximate surface area is 165 Å². The van der Waals surface area contributed by atoms with E-state index in [-0.39, 0.29) is 17.2 Å². The van der Waals surface area contributed by atoms with Crippen LogP contribution in [0.4, 0.5) is 0 Å². The number of fused-ring (bicyclic) bond motifs is 1. The first kappa shape index (κ1) is 18.6. The van der Waals surface area contributed by atoms with Gasteiger partial charge in [0.05, 0.1) is 11.3 Å². The maximum atomic E-state index is 13.1. The first-order valence-electron chi connectivity index (χ1n) is 9.71. The van der Waals surface area contributed by atoms with E-state index in [2.05, 4.69) is 25.2 Å². The fraction of sp³-hybridized carbons (Fsp3) is 0.348. The number of nitrogens with one attached hydrogen (secondary N) is 1. The standard InChI is InChI=1S/C23H27N3O2/c1-16-19(22(27)26(25(16)4)17-10-6-5-7-11-17)15-24-20-14-23(2,3)28-21-13-9-8-12-18(20)21/h5-13,20,24H,14-15H2,1-4H3. The summed E-state index contributed by atoms with van der Waals surface area (Å²) in [6.07, 6.45) is 0.850. The third kappa shape index (κ3) is 3.27. The maximum absolute atomic E-state index is 13.1. The van der Waals surface area contributed by atoms with Crippen LogP contribution in [-0.2, 0) is 13.6 Å². The predicted octanol–water partition coefficient (Wildman–Crippen LogP) is 3.88. The molecule has 1 N–H and O–H groups in total. The summed E-state index contributed by atoms with van der Waals surface area (Å²) in [5.74, 6) is 0.919. The largest absolute Gasteiger partial charge is 0.487 e. The van der Waals surface area contributed by atoms with E-state index in [0.29, 0.717) is 6.54 Å². The second kappa shape index (κ2) is 6.99. The molecule has 0 saturated carbocycles. The molecule has 0 aliphatic carbocycles. The summed E-state index contributed by atoms with van der Waals surface area (Å²) in [5.41, 5.74) is 3.58. The number of benzene rings is 2. The minimum atomic E-state index is -0.248. The zero-order valence-corrected chi connectivity index (χ0v) is 16.9. The lowest BCUT2D eigenvalue weighted by Gasteiger charge is -2.38. The second-order valence-electron chi connectivity index (χ2n) is 8.08. The van der Waals surface area contributed by atoms with Crippen LogP contribution in [0, 0.1) is 6.92 Å². The number of ether oxygens (including phenoxy) is 1. The number of hydrogen-bond donors (Lipinski definition) is 1. The monoisotopic (exact) mass is 377 g/mol. The molecule has 28 heavy (non-hydrogen) atoms. The predicted molar refractivity (Wildman–Crippen MR) is 111 cm³/mol. The van der Waals surface area contributed by atoms with Gasteiger partial charge in [0.25, 0.3) is 5.56 Å². The summed E-state index contributed by atoms with van der Waals surface area (Å²) < 4.78 is 9.78. The van der Waals surface area contributed by atoms with Gasteiger partial charge in [-0.05, 0) is 39.0 Å². The molecule has 1 unspecified atom stereocenters. The minimum absolute atomic E-state index is 0.0262. The summed E-state index contributed by atoms with van der Waals surface area (Å²) in [4.78, 5) is 13.1. The number of rotatable bonds is 4. The summed E-state index contributed by atoms with van der Waals surface area (Å²) in [6, 6.07) is 18.0. The molecule has 1 aliphatic rings. The van der Waals surface area contributed by atoms with Gasteiger partial charge in [0, 0.05) is 37.3 Å². The van der Waals surface area contributed by atoms with Gasteiger partial charge < -0.3 is 10.1 Å². The van der Waals surface area contributed by atoms with Gasteiger partial charge in [-0.15, -0.1) is 0 Å². The van der Waals surface area contributed by atoms with Crippen LogP contribution in [0.1, 0.15) is 43.1 Å². The van der Waals surface area contributed by atoms with Crippen molar-refractivity contribution in [2.24, 2.45) is 7.05 Å². The Kier molecular flexibility index (Phi) is 4.63. The normalized spacial score (nSPS) is 17.8. The third-order valence-electron chi connectivity index (χ3n) is 5.58. The molecule has 1 atom stereocenters. The van der Waals surface area contributed by atoms with E-state index in [4.69, 9.17) is 4.74 Å². The topological polar surface area (TPSA) is 48.2 Å². The summed E-state index contributed by atoms with van der Waals surface area (Å²) in [5, 5.41) is 3.62. The highest BCUT2D eigenvalue weighted by atomic mass is 16.5. The lowest BCUT2D eigenvalue weighted by Crippen LogP contribution is -2.39. The average molecular weight is 377 g/mol. The molecule has 0 saturated heterocycles. The van der Waals surface area contributed by atoms with E-state index in [0.717, 1.165) is 34.7 Å². The lowest BCUT2D eigenvalue weighted by molar-refractivity contribution is 0.0657. The smallest absolute Gasteiger partial charge is 0.276 e. The van der Waals surface area contributed by atoms with Crippen LogP contribution in [0.25, 0.3) is 5.69 Å². The van der Waals surface area contributed by atoms with E-state index < -0.39 is 0 Å². The van der Waals surface area contributed by atoms with Crippen molar-refractivity contribution in [3.63, 3.8) is 0 Å². The van der Waals surface area contributed by atoms with Crippen LogP contribution in [0.5, 0.6) is 5.75 Å². The molecule has 5 nitrogen and oxygen atoms in total. The SMILES string of the molecule is Cc1c(CNC2CC(C)(C)Oc3ccccc32)c(=O)n(-c2ccccc2)n1C. The first-order chi connectivity index (χ1) is 13.4. The minimum Gasteiger partial charge on any atom is -0.487 e. The Bertz CT molecular complexity index is 1050. The van der Waals surface area contributed by atoms with Crippen molar-refractivity contribution in [2.75, 3.05) is 0 Å². The van der Waals surface area contributed by atoms with Crippen LogP contribution in [-0.4, -0.2) is 15.0 Å². The summed E-state index contributed by atoms with van der Waals surface area (Å²) in [7, 11) is 1.93. The summed E-state index contributed by atoms with van der Waals surface area (Å²) in [6.45, 7) is 6.73. The van der Waals surface area contributed by atoms with Gasteiger partial charge in [-0.1, -0.05) is 36.4 Å². The highest BCUT2D eigenvalue weighted by molar-refractivity contribution is 5.39. The van der Waals surface area contributed by atoms with Crippen molar-refractivity contribution in [1.29, 1.82) is 0 Å². The van der Waals surface area contributed by atoms with E-state index in [1.165, 1.54) is 0 Å². The average Bonchev–Trinajstić information content (AvgIpc) is 2.88. The Balaban J connectivity index is 1.64. The van der Waals surface area contributed by atoms with E-state index in [1.807, 2.05) is 67.2 Å². The number of para-hydroxylation sites is 2. The van der Waals surface area contributed by atoms with Crippen LogP contribution in [0.2, 0.25) is 0 Å². The van der Waals surface area contributed by atoms with E-state index >= 15 is 0 Å². The molecular weight excluding hydrogens is 350 g/mol. The van der Waals surface area contributed by atoms with E-state index in [9.17, 15) is 4.79 Å². The molecule has 0 radical (unpaired) electrons. The van der Waals surface area contributed by atoms with Gasteiger partial charge in [0.1, 0.15) is 11.4 Å². The zero-order valence-electron chi connectivity index (χ0n) is 16.9. The molecule has 0 bridgehead atoms. The lowest BCUT2D eigenvalue weighted by atomic mass is 9.89. The number of nitrogens with zero attached hydrogens (tertiary/aromatic N) is 2. The van der Waals surface area contributed by atoms with Crippen LogP contribution in [0.3, 0.4) is 0 Å². The van der Waals surface area contributed by atoms with Crippen molar-refractivity contribution in [1.82, 2.24) is 14.7 Å². The molecule has 146 valence electrons. The van der Waals surface area contributed by atoms with Crippen LogP contribution in [0.15, 0.2) is 59.4 Å². The van der Waals surface area contributed by atoms with Crippen molar-refractivity contribution < 1.29 is 4.74 Å².